The minimum Gasteiger partial charge on any atom is -0.480 e. The molecule has 0 aliphatic heterocycles. The van der Waals surface area contributed by atoms with Crippen molar-refractivity contribution in [2.75, 3.05) is 6.61 Å². The maximum atomic E-state index is 12.3. The van der Waals surface area contributed by atoms with Gasteiger partial charge in [0.2, 0.25) is 11.8 Å². The minimum absolute atomic E-state index is 0.00907. The Morgan fingerprint density at radius 2 is 2.15 bits per heavy atom. The molecule has 2 amide bonds. The van der Waals surface area contributed by atoms with E-state index in [2.05, 4.69) is 20.8 Å². The number of aliphatic hydroxyl groups excluding tert-OH is 2. The number of amides is 2. The Labute approximate surface area is 154 Å². The Hall–Kier alpha value is -2.75. The van der Waals surface area contributed by atoms with E-state index >= 15 is 0 Å². The molecule has 0 radical (unpaired) electrons. The molecule has 0 unspecified atom stereocenters. The molecule has 1 heterocycles. The van der Waals surface area contributed by atoms with E-state index in [1.807, 2.05) is 6.07 Å². The van der Waals surface area contributed by atoms with Gasteiger partial charge in [-0.2, -0.15) is 5.26 Å². The normalized spacial score (nSPS) is 24.8. The Bertz CT molecular complexity index is 723. The third-order valence-corrected chi connectivity index (χ3v) is 4.41. The number of carbonyl (C=O) groups excluding carboxylic acids is 1. The maximum Gasteiger partial charge on any atom is 0.328 e. The van der Waals surface area contributed by atoms with Crippen molar-refractivity contribution in [1.82, 2.24) is 20.8 Å². The highest BCUT2D eigenvalue weighted by atomic mass is 16.4. The van der Waals surface area contributed by atoms with Gasteiger partial charge >= 0.3 is 12.0 Å². The molecule has 7 N–H and O–H groups in total. The molecule has 0 spiro atoms. The molecule has 1 aliphatic rings. The van der Waals surface area contributed by atoms with E-state index < -0.39 is 42.3 Å². The summed E-state index contributed by atoms with van der Waals surface area (Å²) in [6.07, 6.45) is -0.380. The molecule has 12 heteroatoms. The van der Waals surface area contributed by atoms with Crippen LogP contribution in [0.15, 0.2) is 4.42 Å². The standard InChI is InChI=1S/C15H22N6O6/c1-7(23)10(12(24)25)18-14(26)19-15(4-8(5-15)2-3-16)13-21-20-11(27-13)9(17)6-22/h7-10,22-23H,2,4-6,17H2,1H3,(H,24,25)(H2,18,19,26)/t7-,8?,9-,10-,15?/m0/s1. The first-order valence-electron chi connectivity index (χ1n) is 8.29. The number of aliphatic hydroxyl groups is 2. The van der Waals surface area contributed by atoms with Crippen molar-refractivity contribution in [3.05, 3.63) is 11.8 Å². The van der Waals surface area contributed by atoms with Gasteiger partial charge in [-0.25, -0.2) is 9.59 Å². The van der Waals surface area contributed by atoms with Crippen molar-refractivity contribution in [3.63, 3.8) is 0 Å². The van der Waals surface area contributed by atoms with E-state index in [-0.39, 0.29) is 24.1 Å². The lowest BCUT2D eigenvalue weighted by molar-refractivity contribution is -0.141. The van der Waals surface area contributed by atoms with Gasteiger partial charge in [0.05, 0.1) is 18.8 Å². The molecule has 27 heavy (non-hydrogen) atoms. The number of hydrogen-bond acceptors (Lipinski definition) is 9. The molecule has 0 saturated heterocycles. The van der Waals surface area contributed by atoms with Gasteiger partial charge in [-0.05, 0) is 25.7 Å². The molecule has 1 saturated carbocycles. The third kappa shape index (κ3) is 4.51. The largest absolute Gasteiger partial charge is 0.480 e. The summed E-state index contributed by atoms with van der Waals surface area (Å²) < 4.78 is 5.47. The highest BCUT2D eigenvalue weighted by Crippen LogP contribution is 2.46. The van der Waals surface area contributed by atoms with E-state index in [1.165, 1.54) is 6.92 Å². The number of aromatic nitrogens is 2. The lowest BCUT2D eigenvalue weighted by Gasteiger charge is -2.44. The number of aliphatic carboxylic acids is 1. The SMILES string of the molecule is C[C@H](O)[C@H](NC(=O)NC1(c2nnc([C@@H](N)CO)o2)CC(CC#N)C1)C(=O)O. The molecule has 1 aromatic heterocycles. The average Bonchev–Trinajstić information content (AvgIpc) is 3.06. The predicted octanol–water partition coefficient (Wildman–Crippen LogP) is -1.29. The van der Waals surface area contributed by atoms with Crippen LogP contribution >= 0.6 is 0 Å². The number of carboxylic acids is 1. The number of carboxylic acid groups (broad SMARTS) is 1. The second kappa shape index (κ2) is 8.30. The summed E-state index contributed by atoms with van der Waals surface area (Å²) >= 11 is 0. The van der Waals surface area contributed by atoms with Crippen LogP contribution in [0.2, 0.25) is 0 Å². The second-order valence-corrected chi connectivity index (χ2v) is 6.61. The molecule has 0 bridgehead atoms. The van der Waals surface area contributed by atoms with Gasteiger partial charge in [-0.3, -0.25) is 0 Å². The van der Waals surface area contributed by atoms with Crippen molar-refractivity contribution in [3.8, 4) is 6.07 Å². The summed E-state index contributed by atoms with van der Waals surface area (Å²) in [6, 6.07) is -1.17. The molecule has 1 aliphatic carbocycles. The van der Waals surface area contributed by atoms with Crippen LogP contribution in [0.25, 0.3) is 0 Å². The fourth-order valence-corrected chi connectivity index (χ4v) is 2.97. The average molecular weight is 382 g/mol. The molecular formula is C15H22N6O6. The number of nitrogens with one attached hydrogen (secondary N) is 2. The summed E-state index contributed by atoms with van der Waals surface area (Å²) in [6.45, 7) is 0.829. The quantitative estimate of drug-likeness (QED) is 0.313. The number of carbonyl (C=O) groups is 2. The van der Waals surface area contributed by atoms with Crippen LogP contribution in [0.4, 0.5) is 4.79 Å². The van der Waals surface area contributed by atoms with Gasteiger partial charge in [0, 0.05) is 6.42 Å². The van der Waals surface area contributed by atoms with Crippen molar-refractivity contribution in [1.29, 1.82) is 5.26 Å². The first kappa shape index (κ1) is 20.6. The molecule has 2 rings (SSSR count). The molecule has 12 nitrogen and oxygen atoms in total. The Morgan fingerprint density at radius 3 is 2.67 bits per heavy atom. The van der Waals surface area contributed by atoms with Crippen molar-refractivity contribution < 1.29 is 29.3 Å². The zero-order valence-corrected chi connectivity index (χ0v) is 14.6. The molecule has 1 aromatic rings. The molecule has 1 fully saturated rings. The van der Waals surface area contributed by atoms with Crippen LogP contribution in [0.3, 0.4) is 0 Å². The van der Waals surface area contributed by atoms with E-state index in [1.54, 1.807) is 0 Å². The Morgan fingerprint density at radius 1 is 1.48 bits per heavy atom. The van der Waals surface area contributed by atoms with Crippen molar-refractivity contribution >= 4 is 12.0 Å². The van der Waals surface area contributed by atoms with Gasteiger partial charge in [-0.15, -0.1) is 10.2 Å². The number of hydrogen-bond donors (Lipinski definition) is 6. The van der Waals surface area contributed by atoms with Gasteiger partial charge in [0.15, 0.2) is 6.04 Å². The minimum atomic E-state index is -1.50. The summed E-state index contributed by atoms with van der Waals surface area (Å²) in [5.41, 5.74) is 4.55. The van der Waals surface area contributed by atoms with Crippen LogP contribution in [0, 0.1) is 17.2 Å². The van der Waals surface area contributed by atoms with Crippen molar-refractivity contribution in [2.45, 2.75) is 49.9 Å². The van der Waals surface area contributed by atoms with Gasteiger partial charge in [0.1, 0.15) is 11.6 Å². The molecular weight excluding hydrogens is 360 g/mol. The monoisotopic (exact) mass is 382 g/mol. The number of urea groups is 1. The Balaban J connectivity index is 2.17. The van der Waals surface area contributed by atoms with Crippen LogP contribution in [-0.4, -0.2) is 56.3 Å². The van der Waals surface area contributed by atoms with E-state index in [9.17, 15) is 14.7 Å². The topological polar surface area (TPSA) is 208 Å². The lowest BCUT2D eigenvalue weighted by atomic mass is 9.67. The van der Waals surface area contributed by atoms with Crippen molar-refractivity contribution in [2.24, 2.45) is 11.7 Å². The summed E-state index contributed by atoms with van der Waals surface area (Å²) in [4.78, 5) is 23.4. The van der Waals surface area contributed by atoms with Crippen LogP contribution in [0.1, 0.15) is 44.0 Å². The summed E-state index contributed by atoms with van der Waals surface area (Å²) in [5, 5.41) is 48.9. The third-order valence-electron chi connectivity index (χ3n) is 4.41. The summed E-state index contributed by atoms with van der Waals surface area (Å²) in [5.74, 6) is -1.36. The van der Waals surface area contributed by atoms with Crippen LogP contribution in [0.5, 0.6) is 0 Å². The summed E-state index contributed by atoms with van der Waals surface area (Å²) in [7, 11) is 0. The van der Waals surface area contributed by atoms with Crippen LogP contribution in [-0.2, 0) is 10.3 Å². The van der Waals surface area contributed by atoms with E-state index in [0.29, 0.717) is 12.8 Å². The van der Waals surface area contributed by atoms with Gasteiger partial charge in [0.25, 0.3) is 0 Å². The predicted molar refractivity (Wildman–Crippen MR) is 87.7 cm³/mol. The smallest absolute Gasteiger partial charge is 0.328 e. The zero-order valence-electron chi connectivity index (χ0n) is 14.6. The fraction of sp³-hybridized carbons (Fsp3) is 0.667. The van der Waals surface area contributed by atoms with Gasteiger partial charge in [-0.1, -0.05) is 0 Å². The van der Waals surface area contributed by atoms with E-state index in [0.717, 1.165) is 0 Å². The number of nitriles is 1. The number of nitrogens with two attached hydrogens (primary N) is 1. The highest BCUT2D eigenvalue weighted by Gasteiger charge is 2.51. The molecule has 3 atom stereocenters. The Kier molecular flexibility index (Phi) is 6.32. The maximum absolute atomic E-state index is 12.3. The molecule has 0 aromatic carbocycles. The second-order valence-electron chi connectivity index (χ2n) is 6.61. The number of nitrogens with zero attached hydrogens (tertiary/aromatic N) is 3. The highest BCUT2D eigenvalue weighted by molar-refractivity contribution is 5.83. The molecule has 148 valence electrons. The fourth-order valence-electron chi connectivity index (χ4n) is 2.97. The van der Waals surface area contributed by atoms with E-state index in [4.69, 9.17) is 25.6 Å². The first-order chi connectivity index (χ1) is 12.7. The first-order valence-corrected chi connectivity index (χ1v) is 8.29. The number of rotatable bonds is 8. The van der Waals surface area contributed by atoms with Gasteiger partial charge < -0.3 is 36.1 Å². The zero-order chi connectivity index (χ0) is 20.2. The lowest BCUT2D eigenvalue weighted by Crippen LogP contribution is -2.60. The van der Waals surface area contributed by atoms with Crippen LogP contribution < -0.4 is 16.4 Å².